The van der Waals surface area contributed by atoms with E-state index in [0.717, 1.165) is 18.7 Å². The molecule has 0 aromatic heterocycles. The van der Waals surface area contributed by atoms with Crippen molar-refractivity contribution in [1.29, 1.82) is 0 Å². The van der Waals surface area contributed by atoms with E-state index in [1.54, 1.807) is 12.1 Å². The summed E-state index contributed by atoms with van der Waals surface area (Å²) in [6, 6.07) is 6.93. The van der Waals surface area contributed by atoms with E-state index in [-0.39, 0.29) is 12.4 Å². The number of benzene rings is 1. The number of nitrogens with one attached hydrogen (secondary N) is 1. The van der Waals surface area contributed by atoms with Crippen LogP contribution < -0.4 is 5.32 Å². The predicted octanol–water partition coefficient (Wildman–Crippen LogP) is 0.751. The third kappa shape index (κ3) is 4.00. The van der Waals surface area contributed by atoms with Gasteiger partial charge in [-0.1, -0.05) is 12.1 Å². The highest BCUT2D eigenvalue weighted by Gasteiger charge is 2.24. The zero-order chi connectivity index (χ0) is 12.9. The van der Waals surface area contributed by atoms with E-state index in [1.165, 1.54) is 0 Å². The van der Waals surface area contributed by atoms with Crippen LogP contribution in [0.1, 0.15) is 12.5 Å². The topological polar surface area (TPSA) is 55.7 Å². The smallest absolute Gasteiger partial charge is 0.115 e. The highest BCUT2D eigenvalue weighted by molar-refractivity contribution is 5.30. The number of rotatable bonds is 6. The largest absolute Gasteiger partial charge is 0.508 e. The van der Waals surface area contributed by atoms with Gasteiger partial charge in [0.1, 0.15) is 5.75 Å². The van der Waals surface area contributed by atoms with Gasteiger partial charge in [0.05, 0.1) is 12.1 Å². The molecule has 1 rings (SSSR count). The van der Waals surface area contributed by atoms with Gasteiger partial charge in [-0.3, -0.25) is 0 Å². The van der Waals surface area contributed by atoms with Crippen LogP contribution >= 0.6 is 0 Å². The predicted molar refractivity (Wildman–Crippen MR) is 69.1 cm³/mol. The molecule has 0 bridgehead atoms. The van der Waals surface area contributed by atoms with E-state index in [1.807, 2.05) is 33.2 Å². The minimum Gasteiger partial charge on any atom is -0.508 e. The van der Waals surface area contributed by atoms with Crippen molar-refractivity contribution in [2.75, 3.05) is 33.8 Å². The summed E-state index contributed by atoms with van der Waals surface area (Å²) in [5.41, 5.74) is 0.500. The molecule has 1 atom stereocenters. The number of phenolic OH excluding ortho intramolecular Hbond substituents is 1. The van der Waals surface area contributed by atoms with Crippen molar-refractivity contribution in [2.24, 2.45) is 0 Å². The maximum atomic E-state index is 9.53. The molecule has 3 N–H and O–H groups in total. The Labute approximate surface area is 103 Å². The van der Waals surface area contributed by atoms with Crippen LogP contribution in [0.5, 0.6) is 5.75 Å². The Kier molecular flexibility index (Phi) is 4.93. The van der Waals surface area contributed by atoms with Crippen molar-refractivity contribution in [3.05, 3.63) is 29.8 Å². The highest BCUT2D eigenvalue weighted by Crippen LogP contribution is 2.22. The number of likely N-dealkylation sites (N-methyl/N-ethyl adjacent to an activating group) is 1. The summed E-state index contributed by atoms with van der Waals surface area (Å²) in [5, 5.41) is 22.1. The molecule has 0 amide bonds. The van der Waals surface area contributed by atoms with E-state index in [9.17, 15) is 10.2 Å². The lowest BCUT2D eigenvalue weighted by molar-refractivity contribution is 0.172. The zero-order valence-corrected chi connectivity index (χ0v) is 10.8. The van der Waals surface area contributed by atoms with E-state index in [4.69, 9.17) is 0 Å². The Balaban J connectivity index is 2.70. The molecule has 96 valence electrons. The minimum atomic E-state index is -0.469. The Morgan fingerprint density at radius 3 is 2.29 bits per heavy atom. The summed E-state index contributed by atoms with van der Waals surface area (Å²) < 4.78 is 0. The van der Waals surface area contributed by atoms with Gasteiger partial charge >= 0.3 is 0 Å². The Hall–Kier alpha value is -1.10. The van der Waals surface area contributed by atoms with Gasteiger partial charge in [-0.25, -0.2) is 0 Å². The summed E-state index contributed by atoms with van der Waals surface area (Å²) in [7, 11) is 4.02. The third-order valence-electron chi connectivity index (χ3n) is 2.89. The minimum absolute atomic E-state index is 0.0191. The first-order valence-corrected chi connectivity index (χ1v) is 5.78. The maximum absolute atomic E-state index is 9.53. The summed E-state index contributed by atoms with van der Waals surface area (Å²) in [6.07, 6.45) is 0. The molecule has 17 heavy (non-hydrogen) atoms. The third-order valence-corrected chi connectivity index (χ3v) is 2.89. The van der Waals surface area contributed by atoms with Crippen LogP contribution in [0.25, 0.3) is 0 Å². The van der Waals surface area contributed by atoms with Gasteiger partial charge in [0.15, 0.2) is 0 Å². The number of hydrogen-bond acceptors (Lipinski definition) is 4. The number of aliphatic hydroxyl groups excluding tert-OH is 1. The number of aromatic hydroxyl groups is 1. The summed E-state index contributed by atoms with van der Waals surface area (Å²) in [4.78, 5) is 2.08. The van der Waals surface area contributed by atoms with Gasteiger partial charge in [-0.15, -0.1) is 0 Å². The van der Waals surface area contributed by atoms with Crippen LogP contribution in [0.15, 0.2) is 24.3 Å². The van der Waals surface area contributed by atoms with Crippen molar-refractivity contribution in [1.82, 2.24) is 10.2 Å². The second-order valence-corrected chi connectivity index (χ2v) is 4.77. The quantitative estimate of drug-likeness (QED) is 0.684. The van der Waals surface area contributed by atoms with Gasteiger partial charge < -0.3 is 20.4 Å². The second kappa shape index (κ2) is 6.00. The van der Waals surface area contributed by atoms with Crippen LogP contribution in [0.3, 0.4) is 0 Å². The average molecular weight is 238 g/mol. The van der Waals surface area contributed by atoms with Crippen molar-refractivity contribution in [3.63, 3.8) is 0 Å². The lowest BCUT2D eigenvalue weighted by Gasteiger charge is -2.30. The molecule has 0 radical (unpaired) electrons. The van der Waals surface area contributed by atoms with Gasteiger partial charge in [0.2, 0.25) is 0 Å². The van der Waals surface area contributed by atoms with Gasteiger partial charge in [-0.05, 0) is 38.7 Å². The van der Waals surface area contributed by atoms with Crippen LogP contribution in [-0.2, 0) is 5.54 Å². The molecule has 0 aliphatic carbocycles. The molecule has 0 fully saturated rings. The SMILES string of the molecule is CN(C)CCNC(C)(CO)c1ccc(O)cc1. The summed E-state index contributed by atoms with van der Waals surface area (Å²) in [5.74, 6) is 0.238. The highest BCUT2D eigenvalue weighted by atomic mass is 16.3. The van der Waals surface area contributed by atoms with Crippen molar-refractivity contribution >= 4 is 0 Å². The zero-order valence-electron chi connectivity index (χ0n) is 10.8. The molecular formula is C13H22N2O2. The molecule has 4 nitrogen and oxygen atoms in total. The first-order chi connectivity index (χ1) is 7.98. The second-order valence-electron chi connectivity index (χ2n) is 4.77. The molecule has 1 unspecified atom stereocenters. The first kappa shape index (κ1) is 14.0. The fourth-order valence-corrected chi connectivity index (χ4v) is 1.63. The van der Waals surface area contributed by atoms with E-state index >= 15 is 0 Å². The number of aliphatic hydroxyl groups is 1. The normalized spacial score (nSPS) is 14.9. The monoisotopic (exact) mass is 238 g/mol. The van der Waals surface area contributed by atoms with Crippen molar-refractivity contribution < 1.29 is 10.2 Å². The maximum Gasteiger partial charge on any atom is 0.115 e. The molecule has 1 aromatic rings. The van der Waals surface area contributed by atoms with Crippen LogP contribution in [0.4, 0.5) is 0 Å². The molecular weight excluding hydrogens is 216 g/mol. The molecule has 4 heteroatoms. The van der Waals surface area contributed by atoms with Crippen LogP contribution in [0.2, 0.25) is 0 Å². The molecule has 0 heterocycles. The molecule has 0 aliphatic rings. The molecule has 0 aliphatic heterocycles. The van der Waals surface area contributed by atoms with Gasteiger partial charge in [0.25, 0.3) is 0 Å². The fourth-order valence-electron chi connectivity index (χ4n) is 1.63. The standard InChI is InChI=1S/C13H22N2O2/c1-13(10-16,14-8-9-15(2)3)11-4-6-12(17)7-5-11/h4-7,14,16-17H,8-10H2,1-3H3. The Morgan fingerprint density at radius 1 is 1.24 bits per heavy atom. The van der Waals surface area contributed by atoms with Gasteiger partial charge in [0, 0.05) is 13.1 Å². The van der Waals surface area contributed by atoms with Crippen molar-refractivity contribution in [3.8, 4) is 5.75 Å². The van der Waals surface area contributed by atoms with Crippen LogP contribution in [-0.4, -0.2) is 48.9 Å². The molecule has 1 aromatic carbocycles. The fraction of sp³-hybridized carbons (Fsp3) is 0.538. The number of hydrogen-bond donors (Lipinski definition) is 3. The molecule has 0 saturated heterocycles. The first-order valence-electron chi connectivity index (χ1n) is 5.78. The number of nitrogens with zero attached hydrogens (tertiary/aromatic N) is 1. The lowest BCUT2D eigenvalue weighted by Crippen LogP contribution is -2.45. The lowest BCUT2D eigenvalue weighted by atomic mass is 9.93. The average Bonchev–Trinajstić information content (AvgIpc) is 2.29. The summed E-state index contributed by atoms with van der Waals surface area (Å²) in [6.45, 7) is 3.68. The summed E-state index contributed by atoms with van der Waals surface area (Å²) >= 11 is 0. The molecule has 0 saturated carbocycles. The van der Waals surface area contributed by atoms with Crippen LogP contribution in [0, 0.1) is 0 Å². The Morgan fingerprint density at radius 2 is 1.82 bits per heavy atom. The van der Waals surface area contributed by atoms with Crippen molar-refractivity contribution in [2.45, 2.75) is 12.5 Å². The van der Waals surface area contributed by atoms with E-state index in [0.29, 0.717) is 0 Å². The Bertz CT molecular complexity index is 338. The van der Waals surface area contributed by atoms with Gasteiger partial charge in [-0.2, -0.15) is 0 Å². The van der Waals surface area contributed by atoms with E-state index < -0.39 is 5.54 Å². The number of phenols is 1. The van der Waals surface area contributed by atoms with E-state index in [2.05, 4.69) is 10.2 Å². The molecule has 0 spiro atoms.